The van der Waals surface area contributed by atoms with Crippen LogP contribution < -0.4 is 15.4 Å². The van der Waals surface area contributed by atoms with Crippen molar-refractivity contribution in [1.29, 1.82) is 0 Å². The molecule has 0 aromatic heterocycles. The van der Waals surface area contributed by atoms with E-state index in [4.69, 9.17) is 10.5 Å². The number of hydrogen-bond acceptors (Lipinski definition) is 3. The van der Waals surface area contributed by atoms with Gasteiger partial charge in [-0.1, -0.05) is 32.8 Å². The molecule has 1 heterocycles. The maximum absolute atomic E-state index is 5.97. The van der Waals surface area contributed by atoms with Crippen LogP contribution in [0.5, 0.6) is 5.75 Å². The first kappa shape index (κ1) is 15.2. The summed E-state index contributed by atoms with van der Waals surface area (Å²) in [7, 11) is 0. The summed E-state index contributed by atoms with van der Waals surface area (Å²) in [5.41, 5.74) is 7.23. The predicted molar refractivity (Wildman–Crippen MR) is 85.4 cm³/mol. The van der Waals surface area contributed by atoms with Crippen molar-refractivity contribution >= 4 is 5.69 Å². The predicted octanol–water partition coefficient (Wildman–Crippen LogP) is 3.43. The van der Waals surface area contributed by atoms with E-state index in [0.717, 1.165) is 38.3 Å². The molecule has 2 N–H and O–H groups in total. The molecule has 0 amide bonds. The fourth-order valence-corrected chi connectivity index (χ4v) is 2.67. The van der Waals surface area contributed by atoms with Gasteiger partial charge >= 0.3 is 0 Å². The Balaban J connectivity index is 1.93. The molecule has 0 unspecified atom stereocenters. The molecule has 1 saturated heterocycles. The van der Waals surface area contributed by atoms with E-state index in [2.05, 4.69) is 43.0 Å². The quantitative estimate of drug-likeness (QED) is 0.865. The molecule has 20 heavy (non-hydrogen) atoms. The Bertz CT molecular complexity index is 396. The molecular weight excluding hydrogens is 248 g/mol. The molecule has 1 fully saturated rings. The lowest BCUT2D eigenvalue weighted by Gasteiger charge is -2.32. The Labute approximate surface area is 123 Å². The van der Waals surface area contributed by atoms with Crippen LogP contribution in [0.1, 0.15) is 39.5 Å². The van der Waals surface area contributed by atoms with Crippen LogP contribution in [0.3, 0.4) is 0 Å². The van der Waals surface area contributed by atoms with Crippen molar-refractivity contribution in [3.63, 3.8) is 0 Å². The molecule has 3 nitrogen and oxygen atoms in total. The van der Waals surface area contributed by atoms with E-state index in [-0.39, 0.29) is 0 Å². The topological polar surface area (TPSA) is 38.5 Å². The molecule has 0 saturated carbocycles. The molecule has 1 aromatic rings. The zero-order valence-corrected chi connectivity index (χ0v) is 12.8. The fraction of sp³-hybridized carbons (Fsp3) is 0.647. The molecule has 0 bridgehead atoms. The van der Waals surface area contributed by atoms with Crippen molar-refractivity contribution < 1.29 is 4.74 Å². The third-order valence-corrected chi connectivity index (χ3v) is 4.36. The minimum Gasteiger partial charge on any atom is -0.493 e. The Hall–Kier alpha value is -1.22. The van der Waals surface area contributed by atoms with Gasteiger partial charge < -0.3 is 15.4 Å². The second-order valence-electron chi connectivity index (χ2n) is 5.82. The molecule has 1 aliphatic heterocycles. The highest BCUT2D eigenvalue weighted by atomic mass is 16.5. The van der Waals surface area contributed by atoms with E-state index in [1.165, 1.54) is 18.5 Å². The Morgan fingerprint density at radius 2 is 1.95 bits per heavy atom. The van der Waals surface area contributed by atoms with E-state index in [1.807, 2.05) is 0 Å². The highest BCUT2D eigenvalue weighted by Gasteiger charge is 2.16. The molecule has 0 radical (unpaired) electrons. The third-order valence-electron chi connectivity index (χ3n) is 4.36. The van der Waals surface area contributed by atoms with Crippen LogP contribution in [0, 0.1) is 5.92 Å². The summed E-state index contributed by atoms with van der Waals surface area (Å²) >= 11 is 0. The number of hydrogen-bond donors (Lipinski definition) is 1. The van der Waals surface area contributed by atoms with Crippen LogP contribution in [0.15, 0.2) is 24.3 Å². The average Bonchev–Trinajstić information content (AvgIpc) is 2.49. The van der Waals surface area contributed by atoms with Crippen LogP contribution in [0.25, 0.3) is 0 Å². The molecule has 0 spiro atoms. The number of piperidine rings is 1. The summed E-state index contributed by atoms with van der Waals surface area (Å²) in [6, 6.07) is 8.86. The Morgan fingerprint density at radius 3 is 2.60 bits per heavy atom. The number of anilines is 1. The Kier molecular flexibility index (Phi) is 5.72. The standard InChI is InChI=1S/C17H28N2O/c1-3-14(4-2)13-20-17-7-5-6-16(12-17)19-10-8-15(18)9-11-19/h5-7,12,14-15H,3-4,8-11,13,18H2,1-2H3. The monoisotopic (exact) mass is 276 g/mol. The van der Waals surface area contributed by atoms with Gasteiger partial charge in [0.25, 0.3) is 0 Å². The lowest BCUT2D eigenvalue weighted by atomic mass is 10.1. The molecule has 0 atom stereocenters. The average molecular weight is 276 g/mol. The van der Waals surface area contributed by atoms with Gasteiger partial charge in [0.1, 0.15) is 5.75 Å². The number of rotatable bonds is 6. The molecule has 0 aliphatic carbocycles. The summed E-state index contributed by atoms with van der Waals surface area (Å²) in [6.07, 6.45) is 4.53. The minimum absolute atomic E-state index is 0.376. The highest BCUT2D eigenvalue weighted by Crippen LogP contribution is 2.24. The SMILES string of the molecule is CCC(CC)COc1cccc(N2CCC(N)CC2)c1. The number of nitrogens with zero attached hydrogens (tertiary/aromatic N) is 1. The highest BCUT2D eigenvalue weighted by molar-refractivity contribution is 5.51. The molecule has 3 heteroatoms. The maximum Gasteiger partial charge on any atom is 0.121 e. The van der Waals surface area contributed by atoms with E-state index in [0.29, 0.717) is 12.0 Å². The first-order chi connectivity index (χ1) is 9.72. The summed E-state index contributed by atoms with van der Waals surface area (Å²) in [5.74, 6) is 1.65. The van der Waals surface area contributed by atoms with Gasteiger partial charge in [-0.3, -0.25) is 0 Å². The number of nitrogens with two attached hydrogens (primary N) is 1. The Morgan fingerprint density at radius 1 is 1.25 bits per heavy atom. The molecule has 1 aromatic carbocycles. The minimum atomic E-state index is 0.376. The van der Waals surface area contributed by atoms with Gasteiger partial charge in [-0.15, -0.1) is 0 Å². The fourth-order valence-electron chi connectivity index (χ4n) is 2.67. The lowest BCUT2D eigenvalue weighted by molar-refractivity contribution is 0.240. The van der Waals surface area contributed by atoms with Gasteiger partial charge in [-0.25, -0.2) is 0 Å². The van der Waals surface area contributed by atoms with Gasteiger partial charge in [0.05, 0.1) is 6.61 Å². The van der Waals surface area contributed by atoms with Crippen LogP contribution >= 0.6 is 0 Å². The first-order valence-electron chi connectivity index (χ1n) is 7.96. The van der Waals surface area contributed by atoms with Crippen molar-refractivity contribution in [3.05, 3.63) is 24.3 Å². The van der Waals surface area contributed by atoms with Crippen LogP contribution in [-0.2, 0) is 0 Å². The summed E-state index contributed by atoms with van der Waals surface area (Å²) in [6.45, 7) is 7.38. The van der Waals surface area contributed by atoms with Gasteiger partial charge in [-0.2, -0.15) is 0 Å². The van der Waals surface area contributed by atoms with Gasteiger partial charge in [-0.05, 0) is 30.9 Å². The van der Waals surface area contributed by atoms with Crippen LogP contribution in [-0.4, -0.2) is 25.7 Å². The molecule has 1 aliphatic rings. The summed E-state index contributed by atoms with van der Waals surface area (Å²) in [4.78, 5) is 2.41. The van der Waals surface area contributed by atoms with E-state index < -0.39 is 0 Å². The van der Waals surface area contributed by atoms with E-state index >= 15 is 0 Å². The molecule has 2 rings (SSSR count). The smallest absolute Gasteiger partial charge is 0.121 e. The van der Waals surface area contributed by atoms with Crippen molar-refractivity contribution in [2.45, 2.75) is 45.6 Å². The van der Waals surface area contributed by atoms with Gasteiger partial charge in [0.2, 0.25) is 0 Å². The van der Waals surface area contributed by atoms with Gasteiger partial charge in [0.15, 0.2) is 0 Å². The van der Waals surface area contributed by atoms with E-state index in [9.17, 15) is 0 Å². The van der Waals surface area contributed by atoms with Crippen LogP contribution in [0.2, 0.25) is 0 Å². The van der Waals surface area contributed by atoms with Crippen LogP contribution in [0.4, 0.5) is 5.69 Å². The summed E-state index contributed by atoms with van der Waals surface area (Å²) < 4.78 is 5.95. The maximum atomic E-state index is 5.97. The van der Waals surface area contributed by atoms with Gasteiger partial charge in [0, 0.05) is 30.9 Å². The zero-order valence-electron chi connectivity index (χ0n) is 12.8. The normalized spacial score (nSPS) is 16.7. The second-order valence-corrected chi connectivity index (χ2v) is 5.82. The zero-order chi connectivity index (χ0) is 14.4. The largest absolute Gasteiger partial charge is 0.493 e. The lowest BCUT2D eigenvalue weighted by Crippen LogP contribution is -2.39. The molecular formula is C17H28N2O. The van der Waals surface area contributed by atoms with Crippen molar-refractivity contribution in [2.24, 2.45) is 11.7 Å². The first-order valence-corrected chi connectivity index (χ1v) is 7.96. The number of ether oxygens (including phenoxy) is 1. The third kappa shape index (κ3) is 4.14. The van der Waals surface area contributed by atoms with Crippen molar-refractivity contribution in [1.82, 2.24) is 0 Å². The van der Waals surface area contributed by atoms with Crippen molar-refractivity contribution in [2.75, 3.05) is 24.6 Å². The van der Waals surface area contributed by atoms with E-state index in [1.54, 1.807) is 0 Å². The van der Waals surface area contributed by atoms with Crippen molar-refractivity contribution in [3.8, 4) is 5.75 Å². The number of benzene rings is 1. The second kappa shape index (κ2) is 7.53. The molecule has 112 valence electrons. The summed E-state index contributed by atoms with van der Waals surface area (Å²) in [5, 5.41) is 0.